The van der Waals surface area contributed by atoms with E-state index in [4.69, 9.17) is 9.47 Å². The third-order valence-electron chi connectivity index (χ3n) is 4.96. The van der Waals surface area contributed by atoms with Gasteiger partial charge in [-0.1, -0.05) is 17.2 Å². The molecule has 1 aliphatic heterocycles. The summed E-state index contributed by atoms with van der Waals surface area (Å²) < 4.78 is 10.6. The molecule has 0 saturated carbocycles. The van der Waals surface area contributed by atoms with Crippen LogP contribution < -0.4 is 4.74 Å². The molecule has 122 valence electrons. The predicted molar refractivity (Wildman–Crippen MR) is 83.2 cm³/mol. The van der Waals surface area contributed by atoms with Gasteiger partial charge in [0, 0.05) is 17.5 Å². The van der Waals surface area contributed by atoms with Gasteiger partial charge >= 0.3 is 11.9 Å². The first kappa shape index (κ1) is 15.6. The number of fused-ring (bicyclic) bond motifs is 3. The van der Waals surface area contributed by atoms with Crippen LogP contribution in [-0.4, -0.2) is 23.7 Å². The summed E-state index contributed by atoms with van der Waals surface area (Å²) in [4.78, 5) is 25.5. The van der Waals surface area contributed by atoms with E-state index in [1.54, 1.807) is 19.1 Å². The van der Waals surface area contributed by atoms with Gasteiger partial charge < -0.3 is 14.6 Å². The molecule has 0 spiro atoms. The Hall–Kier alpha value is -2.30. The largest absolute Gasteiger partial charge is 0.508 e. The van der Waals surface area contributed by atoms with Gasteiger partial charge in [-0.25, -0.2) is 0 Å². The summed E-state index contributed by atoms with van der Waals surface area (Å²) in [5.74, 6) is -1.10. The normalized spacial score (nSPS) is 26.2. The third-order valence-corrected chi connectivity index (χ3v) is 4.96. The van der Waals surface area contributed by atoms with Crippen LogP contribution in [0.15, 0.2) is 29.3 Å². The van der Waals surface area contributed by atoms with Crippen molar-refractivity contribution in [3.63, 3.8) is 0 Å². The maximum absolute atomic E-state index is 12.8. The Kier molecular flexibility index (Phi) is 3.66. The summed E-state index contributed by atoms with van der Waals surface area (Å²) in [6.45, 7) is 5.89. The minimum Gasteiger partial charge on any atom is -0.508 e. The minimum absolute atomic E-state index is 0.0273. The molecule has 1 heterocycles. The number of carbonyl (C=O) groups excluding carboxylic acids is 2. The smallest absolute Gasteiger partial charge is 0.329 e. The molecule has 2 aliphatic rings. The summed E-state index contributed by atoms with van der Waals surface area (Å²) in [5, 5.41) is 9.63. The SMILES string of the molecule is CCOC(=O)[C@]12CC(C)=C(C)C[C@H]1c1ccc(O)cc1OC2=O. The van der Waals surface area contributed by atoms with Crippen molar-refractivity contribution in [2.24, 2.45) is 5.41 Å². The minimum atomic E-state index is -1.33. The number of allylic oxidation sites excluding steroid dienone is 2. The van der Waals surface area contributed by atoms with Crippen LogP contribution in [0.4, 0.5) is 0 Å². The van der Waals surface area contributed by atoms with Gasteiger partial charge in [-0.05, 0) is 39.7 Å². The van der Waals surface area contributed by atoms with Gasteiger partial charge in [0.2, 0.25) is 0 Å². The molecule has 23 heavy (non-hydrogen) atoms. The summed E-state index contributed by atoms with van der Waals surface area (Å²) in [5.41, 5.74) is 1.63. The zero-order chi connectivity index (χ0) is 16.8. The Morgan fingerprint density at radius 2 is 2.13 bits per heavy atom. The summed E-state index contributed by atoms with van der Waals surface area (Å²) >= 11 is 0. The molecule has 2 atom stereocenters. The first-order valence-electron chi connectivity index (χ1n) is 7.77. The Morgan fingerprint density at radius 1 is 1.39 bits per heavy atom. The molecule has 0 bridgehead atoms. The van der Waals surface area contributed by atoms with Gasteiger partial charge in [0.25, 0.3) is 0 Å². The average Bonchev–Trinajstić information content (AvgIpc) is 2.49. The van der Waals surface area contributed by atoms with Gasteiger partial charge in [-0.2, -0.15) is 0 Å². The average molecular weight is 316 g/mol. The molecule has 1 aromatic rings. The molecule has 0 fully saturated rings. The Balaban J connectivity index is 2.19. The number of aromatic hydroxyl groups is 1. The number of carbonyl (C=O) groups is 2. The second-order valence-corrected chi connectivity index (χ2v) is 6.30. The molecule has 0 unspecified atom stereocenters. The standard InChI is InChI=1S/C18H20O5/c1-4-22-16(20)18-9-11(3)10(2)7-14(18)13-6-5-12(19)8-15(13)23-17(18)21/h5-6,8,14,19H,4,7,9H2,1-3H3/t14-,18-/m0/s1. The first-order chi connectivity index (χ1) is 10.9. The zero-order valence-corrected chi connectivity index (χ0v) is 13.5. The van der Waals surface area contributed by atoms with Crippen molar-refractivity contribution in [1.82, 2.24) is 0 Å². The van der Waals surface area contributed by atoms with Gasteiger partial charge in [-0.3, -0.25) is 9.59 Å². The Morgan fingerprint density at radius 3 is 2.83 bits per heavy atom. The number of hydrogen-bond donors (Lipinski definition) is 1. The molecule has 5 nitrogen and oxygen atoms in total. The van der Waals surface area contributed by atoms with E-state index in [9.17, 15) is 14.7 Å². The number of esters is 2. The highest BCUT2D eigenvalue weighted by Gasteiger charge is 2.60. The van der Waals surface area contributed by atoms with E-state index in [0.29, 0.717) is 18.6 Å². The molecule has 1 aromatic carbocycles. The highest BCUT2D eigenvalue weighted by molar-refractivity contribution is 6.04. The highest BCUT2D eigenvalue weighted by Crippen LogP contribution is 2.55. The van der Waals surface area contributed by atoms with Crippen LogP contribution in [0.25, 0.3) is 0 Å². The van der Waals surface area contributed by atoms with Crippen molar-refractivity contribution in [3.8, 4) is 11.5 Å². The quantitative estimate of drug-likeness (QED) is 0.393. The second kappa shape index (κ2) is 5.41. The lowest BCUT2D eigenvalue weighted by atomic mass is 9.61. The van der Waals surface area contributed by atoms with Crippen LogP contribution in [0.2, 0.25) is 0 Å². The lowest BCUT2D eigenvalue weighted by molar-refractivity contribution is -0.171. The van der Waals surface area contributed by atoms with E-state index in [1.165, 1.54) is 11.6 Å². The van der Waals surface area contributed by atoms with E-state index in [-0.39, 0.29) is 18.3 Å². The van der Waals surface area contributed by atoms with Crippen molar-refractivity contribution >= 4 is 11.9 Å². The molecule has 0 saturated heterocycles. The van der Waals surface area contributed by atoms with E-state index in [0.717, 1.165) is 11.1 Å². The highest BCUT2D eigenvalue weighted by atomic mass is 16.6. The van der Waals surface area contributed by atoms with Gasteiger partial charge in [0.1, 0.15) is 11.5 Å². The first-order valence-corrected chi connectivity index (χ1v) is 7.77. The Bertz CT molecular complexity index is 718. The number of rotatable bonds is 2. The van der Waals surface area contributed by atoms with Gasteiger partial charge in [0.05, 0.1) is 6.61 Å². The molecule has 5 heteroatoms. The van der Waals surface area contributed by atoms with Crippen molar-refractivity contribution in [3.05, 3.63) is 34.9 Å². The van der Waals surface area contributed by atoms with Crippen LogP contribution in [-0.2, 0) is 14.3 Å². The monoisotopic (exact) mass is 316 g/mol. The van der Waals surface area contributed by atoms with Crippen LogP contribution in [0.5, 0.6) is 11.5 Å². The molecule has 0 radical (unpaired) electrons. The number of phenolic OH excluding ortho intramolecular Hbond substituents is 1. The van der Waals surface area contributed by atoms with Gasteiger partial charge in [0.15, 0.2) is 5.41 Å². The van der Waals surface area contributed by atoms with E-state index >= 15 is 0 Å². The molecule has 1 aliphatic carbocycles. The van der Waals surface area contributed by atoms with Crippen LogP contribution in [0, 0.1) is 5.41 Å². The third kappa shape index (κ3) is 2.22. The van der Waals surface area contributed by atoms with Crippen molar-refractivity contribution in [2.45, 2.75) is 39.5 Å². The Labute approximate surface area is 134 Å². The summed E-state index contributed by atoms with van der Waals surface area (Å²) in [6, 6.07) is 4.70. The summed E-state index contributed by atoms with van der Waals surface area (Å²) in [6.07, 6.45) is 0.902. The molecular formula is C18H20O5. The van der Waals surface area contributed by atoms with Crippen LogP contribution in [0.3, 0.4) is 0 Å². The van der Waals surface area contributed by atoms with Crippen LogP contribution >= 0.6 is 0 Å². The molecule has 3 rings (SSSR count). The molecular weight excluding hydrogens is 296 g/mol. The maximum atomic E-state index is 12.8. The fraction of sp³-hybridized carbons (Fsp3) is 0.444. The van der Waals surface area contributed by atoms with E-state index in [1.807, 2.05) is 13.8 Å². The number of hydrogen-bond acceptors (Lipinski definition) is 5. The summed E-state index contributed by atoms with van der Waals surface area (Å²) in [7, 11) is 0. The van der Waals surface area contributed by atoms with E-state index < -0.39 is 17.4 Å². The molecule has 0 aromatic heterocycles. The fourth-order valence-electron chi connectivity index (χ4n) is 3.58. The fourth-order valence-corrected chi connectivity index (χ4v) is 3.58. The molecule has 0 amide bonds. The maximum Gasteiger partial charge on any atom is 0.329 e. The van der Waals surface area contributed by atoms with E-state index in [2.05, 4.69) is 0 Å². The predicted octanol–water partition coefficient (Wildman–Crippen LogP) is 3.07. The molecule has 1 N–H and O–H groups in total. The number of ether oxygens (including phenoxy) is 2. The number of benzene rings is 1. The topological polar surface area (TPSA) is 72.8 Å². The van der Waals surface area contributed by atoms with Crippen molar-refractivity contribution < 1.29 is 24.2 Å². The zero-order valence-electron chi connectivity index (χ0n) is 13.5. The van der Waals surface area contributed by atoms with Gasteiger partial charge in [-0.15, -0.1) is 0 Å². The second-order valence-electron chi connectivity index (χ2n) is 6.30. The van der Waals surface area contributed by atoms with Crippen LogP contribution in [0.1, 0.15) is 45.1 Å². The number of phenols is 1. The lowest BCUT2D eigenvalue weighted by Gasteiger charge is -2.44. The van der Waals surface area contributed by atoms with Crippen molar-refractivity contribution in [1.29, 1.82) is 0 Å². The van der Waals surface area contributed by atoms with Crippen molar-refractivity contribution in [2.75, 3.05) is 6.61 Å². The lowest BCUT2D eigenvalue weighted by Crippen LogP contribution is -2.52.